The number of guanidine groups is 1. The predicted molar refractivity (Wildman–Crippen MR) is 131 cm³/mol. The molecule has 0 fully saturated rings. The summed E-state index contributed by atoms with van der Waals surface area (Å²) < 4.78 is 7.25. The Hall–Kier alpha value is -4.13. The van der Waals surface area contributed by atoms with Crippen molar-refractivity contribution in [3.63, 3.8) is 0 Å². The molecule has 1 aromatic heterocycles. The second-order valence-corrected chi connectivity index (χ2v) is 7.54. The number of hydrogen-bond acceptors (Lipinski definition) is 4. The third-order valence-corrected chi connectivity index (χ3v) is 5.40. The van der Waals surface area contributed by atoms with Crippen LogP contribution in [0.4, 0.5) is 0 Å². The van der Waals surface area contributed by atoms with E-state index in [-0.39, 0.29) is 0 Å². The fourth-order valence-electron chi connectivity index (χ4n) is 3.67. The summed E-state index contributed by atoms with van der Waals surface area (Å²) in [5.41, 5.74) is 5.82. The van der Waals surface area contributed by atoms with Crippen LogP contribution in [0.15, 0.2) is 90.4 Å². The van der Waals surface area contributed by atoms with Crippen molar-refractivity contribution < 1.29 is 4.74 Å². The molecule has 0 spiro atoms. The molecule has 0 bridgehead atoms. The van der Waals surface area contributed by atoms with Crippen LogP contribution in [-0.4, -0.2) is 34.9 Å². The second-order valence-electron chi connectivity index (χ2n) is 7.54. The van der Waals surface area contributed by atoms with Crippen molar-refractivity contribution in [2.45, 2.75) is 19.6 Å². The normalized spacial score (nSPS) is 11.3. The molecule has 4 rings (SSSR count). The number of hydrogen-bond donors (Lipinski definition) is 2. The van der Waals surface area contributed by atoms with Crippen LogP contribution in [-0.2, 0) is 19.6 Å². The van der Waals surface area contributed by atoms with Gasteiger partial charge in [-0.1, -0.05) is 66.7 Å². The first-order chi connectivity index (χ1) is 16.3. The van der Waals surface area contributed by atoms with Crippen LogP contribution in [0.1, 0.15) is 16.7 Å². The van der Waals surface area contributed by atoms with Gasteiger partial charge in [0, 0.05) is 25.7 Å². The van der Waals surface area contributed by atoms with Crippen LogP contribution in [0.2, 0.25) is 0 Å². The molecule has 4 aromatic rings. The van der Waals surface area contributed by atoms with Gasteiger partial charge in [0.25, 0.3) is 0 Å². The lowest BCUT2D eigenvalue weighted by Crippen LogP contribution is -2.36. The van der Waals surface area contributed by atoms with E-state index in [1.807, 2.05) is 28.9 Å². The highest BCUT2D eigenvalue weighted by Crippen LogP contribution is 2.24. The molecule has 1 heterocycles. The SMILES string of the molecule is CN=C(NCc1ccccc1OC)NCc1ccccc1-c1ccc(Cn2cncn2)cc1. The number of rotatable bonds is 8. The predicted octanol–water partition coefficient (Wildman–Crippen LogP) is 3.87. The average molecular weight is 441 g/mol. The number of methoxy groups -OCH3 is 1. The first kappa shape index (κ1) is 22.1. The van der Waals surface area contributed by atoms with E-state index in [2.05, 4.69) is 74.2 Å². The third kappa shape index (κ3) is 5.77. The van der Waals surface area contributed by atoms with E-state index >= 15 is 0 Å². The molecule has 2 N–H and O–H groups in total. The highest BCUT2D eigenvalue weighted by Gasteiger charge is 2.08. The van der Waals surface area contributed by atoms with Gasteiger partial charge < -0.3 is 15.4 Å². The summed E-state index contributed by atoms with van der Waals surface area (Å²) in [4.78, 5) is 8.36. The Morgan fingerprint density at radius 2 is 1.61 bits per heavy atom. The molecule has 0 aliphatic carbocycles. The maximum Gasteiger partial charge on any atom is 0.191 e. The van der Waals surface area contributed by atoms with Gasteiger partial charge in [0.1, 0.15) is 18.4 Å². The van der Waals surface area contributed by atoms with Crippen molar-refractivity contribution >= 4 is 5.96 Å². The number of para-hydroxylation sites is 1. The Morgan fingerprint density at radius 1 is 0.909 bits per heavy atom. The number of ether oxygens (including phenoxy) is 1. The highest BCUT2D eigenvalue weighted by atomic mass is 16.5. The minimum atomic E-state index is 0.624. The van der Waals surface area contributed by atoms with Crippen molar-refractivity contribution in [1.82, 2.24) is 25.4 Å². The minimum absolute atomic E-state index is 0.624. The maximum absolute atomic E-state index is 5.43. The van der Waals surface area contributed by atoms with Crippen LogP contribution in [0.5, 0.6) is 5.75 Å². The quantitative estimate of drug-likeness (QED) is 0.321. The van der Waals surface area contributed by atoms with Gasteiger partial charge in [-0.15, -0.1) is 0 Å². The smallest absolute Gasteiger partial charge is 0.191 e. The van der Waals surface area contributed by atoms with Gasteiger partial charge in [-0.2, -0.15) is 5.10 Å². The zero-order valence-corrected chi connectivity index (χ0v) is 18.9. The third-order valence-electron chi connectivity index (χ3n) is 5.40. The maximum atomic E-state index is 5.43. The Balaban J connectivity index is 1.40. The Morgan fingerprint density at radius 3 is 2.30 bits per heavy atom. The molecule has 7 heteroatoms. The van der Waals surface area contributed by atoms with Crippen LogP contribution < -0.4 is 15.4 Å². The van der Waals surface area contributed by atoms with Gasteiger partial charge >= 0.3 is 0 Å². The molecular weight excluding hydrogens is 412 g/mol. The van der Waals surface area contributed by atoms with E-state index in [9.17, 15) is 0 Å². The number of nitrogens with zero attached hydrogens (tertiary/aromatic N) is 4. The topological polar surface area (TPSA) is 76.4 Å². The molecule has 0 saturated carbocycles. The largest absolute Gasteiger partial charge is 0.496 e. The van der Waals surface area contributed by atoms with Gasteiger partial charge in [-0.05, 0) is 28.3 Å². The lowest BCUT2D eigenvalue weighted by molar-refractivity contribution is 0.409. The molecule has 7 nitrogen and oxygen atoms in total. The van der Waals surface area contributed by atoms with Gasteiger partial charge in [-0.3, -0.25) is 4.99 Å². The fraction of sp³-hybridized carbons (Fsp3) is 0.192. The Bertz CT molecular complexity index is 1190. The number of aromatic nitrogens is 3. The number of aliphatic imine (C=N–C) groups is 1. The standard InChI is InChI=1S/C26H28N6O/c1-27-26(30-16-23-8-4-6-10-25(23)33-2)29-15-22-7-3-5-9-24(22)21-13-11-20(12-14-21)17-32-19-28-18-31-32/h3-14,18-19H,15-17H2,1-2H3,(H2,27,29,30). The van der Waals surface area contributed by atoms with E-state index in [4.69, 9.17) is 4.74 Å². The minimum Gasteiger partial charge on any atom is -0.496 e. The van der Waals surface area contributed by atoms with E-state index < -0.39 is 0 Å². The van der Waals surface area contributed by atoms with Crippen molar-refractivity contribution in [2.24, 2.45) is 4.99 Å². The molecule has 3 aromatic carbocycles. The lowest BCUT2D eigenvalue weighted by Gasteiger charge is -2.15. The van der Waals surface area contributed by atoms with Gasteiger partial charge in [0.15, 0.2) is 5.96 Å². The van der Waals surface area contributed by atoms with E-state index in [0.29, 0.717) is 19.6 Å². The van der Waals surface area contributed by atoms with E-state index in [0.717, 1.165) is 17.3 Å². The molecule has 0 unspecified atom stereocenters. The molecule has 0 aliphatic heterocycles. The number of nitrogens with one attached hydrogen (secondary N) is 2. The van der Waals surface area contributed by atoms with Crippen molar-refractivity contribution in [1.29, 1.82) is 0 Å². The van der Waals surface area contributed by atoms with E-state index in [1.165, 1.54) is 22.3 Å². The van der Waals surface area contributed by atoms with Gasteiger partial charge in [-0.25, -0.2) is 9.67 Å². The molecule has 0 radical (unpaired) electrons. The summed E-state index contributed by atoms with van der Waals surface area (Å²) in [6, 6.07) is 25.0. The van der Waals surface area contributed by atoms with Crippen molar-refractivity contribution in [2.75, 3.05) is 14.2 Å². The molecule has 0 saturated heterocycles. The first-order valence-corrected chi connectivity index (χ1v) is 10.8. The van der Waals surface area contributed by atoms with Gasteiger partial charge in [0.05, 0.1) is 13.7 Å². The summed E-state index contributed by atoms with van der Waals surface area (Å²) in [6.07, 6.45) is 3.28. The fourth-order valence-corrected chi connectivity index (χ4v) is 3.67. The molecule has 0 atom stereocenters. The summed E-state index contributed by atoms with van der Waals surface area (Å²) >= 11 is 0. The zero-order valence-electron chi connectivity index (χ0n) is 18.9. The second kappa shape index (κ2) is 10.9. The van der Waals surface area contributed by atoms with Crippen LogP contribution >= 0.6 is 0 Å². The van der Waals surface area contributed by atoms with Crippen LogP contribution in [0, 0.1) is 0 Å². The molecule has 33 heavy (non-hydrogen) atoms. The molecule has 0 amide bonds. The van der Waals surface area contributed by atoms with Crippen molar-refractivity contribution in [3.8, 4) is 16.9 Å². The Labute approximate surface area is 194 Å². The summed E-state index contributed by atoms with van der Waals surface area (Å²) in [6.45, 7) is 1.98. The number of benzene rings is 3. The monoisotopic (exact) mass is 440 g/mol. The molecule has 0 aliphatic rings. The van der Waals surface area contributed by atoms with E-state index in [1.54, 1.807) is 26.8 Å². The summed E-state index contributed by atoms with van der Waals surface area (Å²) in [5, 5.41) is 11.0. The zero-order chi connectivity index (χ0) is 22.9. The van der Waals surface area contributed by atoms with Crippen molar-refractivity contribution in [3.05, 3.63) is 102 Å². The molecular formula is C26H28N6O. The first-order valence-electron chi connectivity index (χ1n) is 10.8. The Kier molecular flexibility index (Phi) is 7.33. The molecule has 168 valence electrons. The summed E-state index contributed by atoms with van der Waals surface area (Å²) in [5.74, 6) is 1.59. The van der Waals surface area contributed by atoms with Gasteiger partial charge in [0.2, 0.25) is 0 Å². The lowest BCUT2D eigenvalue weighted by atomic mass is 9.98. The van der Waals surface area contributed by atoms with Crippen LogP contribution in [0.25, 0.3) is 11.1 Å². The summed E-state index contributed by atoms with van der Waals surface area (Å²) in [7, 11) is 3.46. The van der Waals surface area contributed by atoms with Crippen LogP contribution in [0.3, 0.4) is 0 Å². The highest BCUT2D eigenvalue weighted by molar-refractivity contribution is 5.80. The average Bonchev–Trinajstić information content (AvgIpc) is 3.38.